The van der Waals surface area contributed by atoms with Crippen molar-refractivity contribution in [2.75, 3.05) is 6.61 Å². The summed E-state index contributed by atoms with van der Waals surface area (Å²) >= 11 is 0. The third-order valence-electron chi connectivity index (χ3n) is 3.69. The number of alkyl halides is 3. The zero-order chi connectivity index (χ0) is 19.3. The first-order valence-corrected chi connectivity index (χ1v) is 8.13. The number of nitrogens with zero attached hydrogens (tertiary/aromatic N) is 2. The fourth-order valence-electron chi connectivity index (χ4n) is 2.38. The summed E-state index contributed by atoms with van der Waals surface area (Å²) in [6, 6.07) is 14.0. The average molecular weight is 375 g/mol. The van der Waals surface area contributed by atoms with Crippen LogP contribution in [0.2, 0.25) is 0 Å². The Balaban J connectivity index is 1.53. The van der Waals surface area contributed by atoms with Crippen molar-refractivity contribution in [2.24, 2.45) is 0 Å². The van der Waals surface area contributed by atoms with Gasteiger partial charge in [0.05, 0.1) is 23.8 Å². The number of benzene rings is 2. The molecule has 0 saturated heterocycles. The summed E-state index contributed by atoms with van der Waals surface area (Å²) in [6.45, 7) is -1.15. The molecule has 3 aromatic rings. The molecule has 0 spiro atoms. The van der Waals surface area contributed by atoms with Gasteiger partial charge in [0, 0.05) is 6.54 Å². The van der Waals surface area contributed by atoms with Gasteiger partial charge in [-0.3, -0.25) is 9.78 Å². The normalized spacial score (nSPS) is 11.5. The molecule has 5 nitrogen and oxygen atoms in total. The van der Waals surface area contributed by atoms with E-state index in [0.29, 0.717) is 16.6 Å². The molecule has 2 aromatic carbocycles. The van der Waals surface area contributed by atoms with E-state index in [9.17, 15) is 18.0 Å². The zero-order valence-corrected chi connectivity index (χ0v) is 14.2. The molecule has 0 unspecified atom stereocenters. The number of para-hydroxylation sites is 2. The van der Waals surface area contributed by atoms with Crippen molar-refractivity contribution in [2.45, 2.75) is 19.3 Å². The molecule has 27 heavy (non-hydrogen) atoms. The second-order valence-electron chi connectivity index (χ2n) is 5.85. The molecule has 1 aromatic heterocycles. The minimum Gasteiger partial charge on any atom is -0.367 e. The van der Waals surface area contributed by atoms with Gasteiger partial charge in [-0.25, -0.2) is 4.98 Å². The fourth-order valence-corrected chi connectivity index (χ4v) is 2.38. The van der Waals surface area contributed by atoms with Crippen molar-refractivity contribution in [3.8, 4) is 0 Å². The number of amides is 1. The number of nitrogens with one attached hydrogen (secondary N) is 1. The molecule has 0 saturated carbocycles. The van der Waals surface area contributed by atoms with E-state index in [-0.39, 0.29) is 24.8 Å². The van der Waals surface area contributed by atoms with E-state index in [1.165, 1.54) is 6.20 Å². The van der Waals surface area contributed by atoms with Crippen LogP contribution in [-0.4, -0.2) is 28.7 Å². The van der Waals surface area contributed by atoms with Crippen LogP contribution in [0.1, 0.15) is 21.6 Å². The maximum atomic E-state index is 12.2. The minimum atomic E-state index is -4.34. The van der Waals surface area contributed by atoms with Gasteiger partial charge in [0.2, 0.25) is 0 Å². The van der Waals surface area contributed by atoms with Gasteiger partial charge in [0.25, 0.3) is 5.91 Å². The average Bonchev–Trinajstić information content (AvgIpc) is 2.65. The summed E-state index contributed by atoms with van der Waals surface area (Å²) in [5.41, 5.74) is 2.98. The Labute approximate surface area is 153 Å². The van der Waals surface area contributed by atoms with Crippen molar-refractivity contribution < 1.29 is 22.7 Å². The number of hydrogen-bond acceptors (Lipinski definition) is 4. The van der Waals surface area contributed by atoms with Crippen LogP contribution in [0, 0.1) is 0 Å². The topological polar surface area (TPSA) is 64.1 Å². The molecule has 0 atom stereocenters. The number of aromatic nitrogens is 2. The predicted molar refractivity (Wildman–Crippen MR) is 92.9 cm³/mol. The smallest absolute Gasteiger partial charge is 0.367 e. The van der Waals surface area contributed by atoms with E-state index in [4.69, 9.17) is 0 Å². The molecule has 1 amide bonds. The molecular weight excluding hydrogens is 359 g/mol. The number of rotatable bonds is 6. The van der Waals surface area contributed by atoms with Gasteiger partial charge in [0.15, 0.2) is 0 Å². The second-order valence-corrected chi connectivity index (χ2v) is 5.85. The highest BCUT2D eigenvalue weighted by atomic mass is 19.4. The molecule has 0 aliphatic carbocycles. The SMILES string of the molecule is O=C(NCc1ccc(COCC(F)(F)F)cc1)c1cnc2ccccc2n1. The standard InChI is InChI=1S/C19H16F3N3O2/c20-19(21,22)12-27-11-14-7-5-13(6-8-14)9-24-18(26)17-10-23-15-3-1-2-4-16(15)25-17/h1-8,10H,9,11-12H2,(H,24,26). The summed E-state index contributed by atoms with van der Waals surface area (Å²) < 4.78 is 40.8. The first-order valence-electron chi connectivity index (χ1n) is 8.13. The molecule has 0 aliphatic rings. The molecule has 3 rings (SSSR count). The quantitative estimate of drug-likeness (QED) is 0.715. The molecule has 0 aliphatic heterocycles. The highest BCUT2D eigenvalue weighted by Gasteiger charge is 2.27. The Morgan fingerprint density at radius 1 is 1.00 bits per heavy atom. The van der Waals surface area contributed by atoms with E-state index in [2.05, 4.69) is 20.0 Å². The van der Waals surface area contributed by atoms with E-state index >= 15 is 0 Å². The fraction of sp³-hybridized carbons (Fsp3) is 0.211. The van der Waals surface area contributed by atoms with Gasteiger partial charge in [-0.05, 0) is 23.3 Å². The van der Waals surface area contributed by atoms with E-state index in [1.807, 2.05) is 18.2 Å². The van der Waals surface area contributed by atoms with E-state index in [1.54, 1.807) is 30.3 Å². The summed E-state index contributed by atoms with van der Waals surface area (Å²) in [7, 11) is 0. The Morgan fingerprint density at radius 3 is 2.37 bits per heavy atom. The molecule has 0 fully saturated rings. The molecule has 0 radical (unpaired) electrons. The monoisotopic (exact) mass is 375 g/mol. The summed E-state index contributed by atoms with van der Waals surface area (Å²) in [5, 5.41) is 2.74. The first kappa shape index (κ1) is 18.8. The maximum absolute atomic E-state index is 12.2. The summed E-state index contributed by atoms with van der Waals surface area (Å²) in [5.74, 6) is -0.356. The number of halogens is 3. The van der Waals surface area contributed by atoms with Crippen molar-refractivity contribution in [3.63, 3.8) is 0 Å². The highest BCUT2D eigenvalue weighted by molar-refractivity contribution is 5.93. The molecule has 8 heteroatoms. The predicted octanol–water partition coefficient (Wildman–Crippen LogP) is 3.64. The van der Waals surface area contributed by atoms with Gasteiger partial charge < -0.3 is 10.1 Å². The molecular formula is C19H16F3N3O2. The maximum Gasteiger partial charge on any atom is 0.411 e. The van der Waals surface area contributed by atoms with Crippen molar-refractivity contribution in [1.82, 2.24) is 15.3 Å². The lowest BCUT2D eigenvalue weighted by Crippen LogP contribution is -2.24. The van der Waals surface area contributed by atoms with Gasteiger partial charge in [0.1, 0.15) is 12.3 Å². The lowest BCUT2D eigenvalue weighted by Gasteiger charge is -2.09. The van der Waals surface area contributed by atoms with Crippen molar-refractivity contribution >= 4 is 16.9 Å². The highest BCUT2D eigenvalue weighted by Crippen LogP contribution is 2.16. The van der Waals surface area contributed by atoms with Crippen LogP contribution in [0.15, 0.2) is 54.7 Å². The van der Waals surface area contributed by atoms with E-state index < -0.39 is 12.8 Å². The molecule has 1 heterocycles. The number of carbonyl (C=O) groups excluding carboxylic acids is 1. The van der Waals surface area contributed by atoms with Crippen molar-refractivity contribution in [1.29, 1.82) is 0 Å². The Kier molecular flexibility index (Phi) is 5.66. The van der Waals surface area contributed by atoms with Gasteiger partial charge in [-0.1, -0.05) is 36.4 Å². The van der Waals surface area contributed by atoms with Crippen LogP contribution >= 0.6 is 0 Å². The Bertz CT molecular complexity index is 927. The van der Waals surface area contributed by atoms with Crippen LogP contribution in [0.3, 0.4) is 0 Å². The van der Waals surface area contributed by atoms with Crippen LogP contribution < -0.4 is 5.32 Å². The number of ether oxygens (including phenoxy) is 1. The minimum absolute atomic E-state index is 0.126. The Hall–Kier alpha value is -3.00. The largest absolute Gasteiger partial charge is 0.411 e. The second kappa shape index (κ2) is 8.13. The first-order chi connectivity index (χ1) is 12.9. The lowest BCUT2D eigenvalue weighted by molar-refractivity contribution is -0.176. The number of hydrogen-bond donors (Lipinski definition) is 1. The Morgan fingerprint density at radius 2 is 1.67 bits per heavy atom. The van der Waals surface area contributed by atoms with Gasteiger partial charge >= 0.3 is 6.18 Å². The molecule has 0 bridgehead atoms. The van der Waals surface area contributed by atoms with E-state index in [0.717, 1.165) is 5.56 Å². The zero-order valence-electron chi connectivity index (χ0n) is 14.2. The molecule has 140 valence electrons. The van der Waals surface area contributed by atoms with Crippen LogP contribution in [0.5, 0.6) is 0 Å². The molecule has 1 N–H and O–H groups in total. The van der Waals surface area contributed by atoms with Crippen LogP contribution in [0.4, 0.5) is 13.2 Å². The van der Waals surface area contributed by atoms with Gasteiger partial charge in [-0.15, -0.1) is 0 Å². The summed E-state index contributed by atoms with van der Waals surface area (Å²) in [4.78, 5) is 20.7. The number of carbonyl (C=O) groups is 1. The third-order valence-corrected chi connectivity index (χ3v) is 3.69. The lowest BCUT2D eigenvalue weighted by atomic mass is 10.1. The number of fused-ring (bicyclic) bond motifs is 1. The third kappa shape index (κ3) is 5.49. The van der Waals surface area contributed by atoms with Gasteiger partial charge in [-0.2, -0.15) is 13.2 Å². The van der Waals surface area contributed by atoms with Crippen LogP contribution in [-0.2, 0) is 17.9 Å². The van der Waals surface area contributed by atoms with Crippen LogP contribution in [0.25, 0.3) is 11.0 Å². The summed E-state index contributed by atoms with van der Waals surface area (Å²) in [6.07, 6.45) is -2.92. The van der Waals surface area contributed by atoms with Crippen molar-refractivity contribution in [3.05, 3.63) is 71.5 Å².